The standard InChI is InChI=1S/C18H26N2O/c1-2-20(13-14-6-5-9-19-12-14)18(21)17-10-15-7-3-4-8-16(15)11-17/h3-4,7-8,14,17,19H,2,5-6,9-13H2,1H3. The van der Waals surface area contributed by atoms with Gasteiger partial charge >= 0.3 is 0 Å². The molecule has 1 fully saturated rings. The summed E-state index contributed by atoms with van der Waals surface area (Å²) in [5, 5.41) is 3.45. The summed E-state index contributed by atoms with van der Waals surface area (Å²) in [5.41, 5.74) is 2.73. The van der Waals surface area contributed by atoms with Gasteiger partial charge < -0.3 is 10.2 Å². The van der Waals surface area contributed by atoms with Crippen LogP contribution in [0.2, 0.25) is 0 Å². The number of hydrogen-bond acceptors (Lipinski definition) is 2. The van der Waals surface area contributed by atoms with Crippen molar-refractivity contribution in [3.8, 4) is 0 Å². The van der Waals surface area contributed by atoms with Crippen LogP contribution in [0.5, 0.6) is 0 Å². The number of carbonyl (C=O) groups is 1. The molecule has 1 aromatic carbocycles. The maximum Gasteiger partial charge on any atom is 0.226 e. The Morgan fingerprint density at radius 3 is 2.57 bits per heavy atom. The summed E-state index contributed by atoms with van der Waals surface area (Å²) >= 11 is 0. The van der Waals surface area contributed by atoms with Gasteiger partial charge in [-0.15, -0.1) is 0 Å². The quantitative estimate of drug-likeness (QED) is 0.921. The number of fused-ring (bicyclic) bond motifs is 1. The first-order valence-electron chi connectivity index (χ1n) is 8.34. The number of piperidine rings is 1. The summed E-state index contributed by atoms with van der Waals surface area (Å²) < 4.78 is 0. The highest BCUT2D eigenvalue weighted by atomic mass is 16.2. The Balaban J connectivity index is 1.61. The van der Waals surface area contributed by atoms with Crippen molar-refractivity contribution < 1.29 is 4.79 Å². The van der Waals surface area contributed by atoms with Gasteiger partial charge in [0.05, 0.1) is 0 Å². The molecule has 0 aromatic heterocycles. The molecule has 0 saturated carbocycles. The molecule has 1 N–H and O–H groups in total. The fourth-order valence-corrected chi connectivity index (χ4v) is 3.76. The molecular weight excluding hydrogens is 260 g/mol. The van der Waals surface area contributed by atoms with E-state index in [1.165, 1.54) is 24.0 Å². The summed E-state index contributed by atoms with van der Waals surface area (Å²) in [7, 11) is 0. The smallest absolute Gasteiger partial charge is 0.226 e. The van der Waals surface area contributed by atoms with Crippen LogP contribution in [-0.4, -0.2) is 37.0 Å². The first-order valence-corrected chi connectivity index (χ1v) is 8.34. The molecule has 1 aliphatic carbocycles. The predicted molar refractivity (Wildman–Crippen MR) is 85.2 cm³/mol. The highest BCUT2D eigenvalue weighted by Gasteiger charge is 2.31. The molecule has 114 valence electrons. The maximum atomic E-state index is 12.8. The lowest BCUT2D eigenvalue weighted by molar-refractivity contribution is -0.135. The van der Waals surface area contributed by atoms with Crippen LogP contribution in [0.25, 0.3) is 0 Å². The van der Waals surface area contributed by atoms with Crippen molar-refractivity contribution in [2.45, 2.75) is 32.6 Å². The minimum atomic E-state index is 0.166. The Hall–Kier alpha value is -1.35. The zero-order valence-electron chi connectivity index (χ0n) is 13.0. The second-order valence-corrected chi connectivity index (χ2v) is 6.46. The zero-order valence-corrected chi connectivity index (χ0v) is 13.0. The van der Waals surface area contributed by atoms with Crippen molar-refractivity contribution in [2.24, 2.45) is 11.8 Å². The summed E-state index contributed by atoms with van der Waals surface area (Å²) in [5.74, 6) is 1.16. The van der Waals surface area contributed by atoms with Gasteiger partial charge in [-0.05, 0) is 62.7 Å². The minimum Gasteiger partial charge on any atom is -0.342 e. The van der Waals surface area contributed by atoms with Crippen molar-refractivity contribution in [2.75, 3.05) is 26.2 Å². The van der Waals surface area contributed by atoms with Crippen molar-refractivity contribution in [3.63, 3.8) is 0 Å². The number of nitrogens with zero attached hydrogens (tertiary/aromatic N) is 1. The Morgan fingerprint density at radius 1 is 1.29 bits per heavy atom. The summed E-state index contributed by atoms with van der Waals surface area (Å²) in [4.78, 5) is 14.9. The molecule has 3 heteroatoms. The molecule has 0 radical (unpaired) electrons. The van der Waals surface area contributed by atoms with Gasteiger partial charge in [0, 0.05) is 19.0 Å². The van der Waals surface area contributed by atoms with E-state index in [0.29, 0.717) is 11.8 Å². The third kappa shape index (κ3) is 3.29. The van der Waals surface area contributed by atoms with Gasteiger partial charge in [0.2, 0.25) is 5.91 Å². The largest absolute Gasteiger partial charge is 0.342 e. The fraction of sp³-hybridized carbons (Fsp3) is 0.611. The lowest BCUT2D eigenvalue weighted by Crippen LogP contribution is -2.43. The highest BCUT2D eigenvalue weighted by Crippen LogP contribution is 2.28. The number of hydrogen-bond donors (Lipinski definition) is 1. The molecule has 1 aromatic rings. The Kier molecular flexibility index (Phi) is 4.59. The minimum absolute atomic E-state index is 0.166. The number of rotatable bonds is 4. The molecule has 1 amide bonds. The van der Waals surface area contributed by atoms with Gasteiger partial charge in [-0.1, -0.05) is 24.3 Å². The number of amides is 1. The third-order valence-corrected chi connectivity index (χ3v) is 4.97. The molecule has 1 heterocycles. The van der Waals surface area contributed by atoms with E-state index in [0.717, 1.165) is 39.0 Å². The first kappa shape index (κ1) is 14.6. The molecule has 21 heavy (non-hydrogen) atoms. The molecule has 3 rings (SSSR count). The Labute approximate surface area is 127 Å². The Bertz CT molecular complexity index is 469. The van der Waals surface area contributed by atoms with E-state index < -0.39 is 0 Å². The van der Waals surface area contributed by atoms with Crippen molar-refractivity contribution in [1.29, 1.82) is 0 Å². The van der Waals surface area contributed by atoms with Gasteiger partial charge in [-0.25, -0.2) is 0 Å². The van der Waals surface area contributed by atoms with Gasteiger partial charge in [0.15, 0.2) is 0 Å². The number of nitrogens with one attached hydrogen (secondary N) is 1. The van der Waals surface area contributed by atoms with Gasteiger partial charge in [0.1, 0.15) is 0 Å². The molecular formula is C18H26N2O. The van der Waals surface area contributed by atoms with E-state index in [1.54, 1.807) is 0 Å². The summed E-state index contributed by atoms with van der Waals surface area (Å²) in [6.07, 6.45) is 4.34. The van der Waals surface area contributed by atoms with Crippen molar-refractivity contribution in [3.05, 3.63) is 35.4 Å². The van der Waals surface area contributed by atoms with Crippen LogP contribution < -0.4 is 5.32 Å². The second kappa shape index (κ2) is 6.61. The van der Waals surface area contributed by atoms with Crippen LogP contribution in [0.1, 0.15) is 30.9 Å². The van der Waals surface area contributed by atoms with E-state index in [2.05, 4.69) is 41.4 Å². The van der Waals surface area contributed by atoms with Crippen LogP contribution in [-0.2, 0) is 17.6 Å². The highest BCUT2D eigenvalue weighted by molar-refractivity contribution is 5.80. The molecule has 1 saturated heterocycles. The molecule has 0 bridgehead atoms. The molecule has 3 nitrogen and oxygen atoms in total. The van der Waals surface area contributed by atoms with Gasteiger partial charge in [-0.2, -0.15) is 0 Å². The normalized spacial score (nSPS) is 22.0. The summed E-state index contributed by atoms with van der Waals surface area (Å²) in [6, 6.07) is 8.50. The lowest BCUT2D eigenvalue weighted by atomic mass is 9.97. The van der Waals surface area contributed by atoms with Crippen LogP contribution in [0, 0.1) is 11.8 Å². The van der Waals surface area contributed by atoms with Crippen molar-refractivity contribution in [1.82, 2.24) is 10.2 Å². The van der Waals surface area contributed by atoms with E-state index in [4.69, 9.17) is 0 Å². The van der Waals surface area contributed by atoms with Gasteiger partial charge in [0.25, 0.3) is 0 Å². The van der Waals surface area contributed by atoms with Crippen LogP contribution in [0.3, 0.4) is 0 Å². The van der Waals surface area contributed by atoms with E-state index in [9.17, 15) is 4.79 Å². The number of benzene rings is 1. The average molecular weight is 286 g/mol. The van der Waals surface area contributed by atoms with E-state index in [-0.39, 0.29) is 5.92 Å². The van der Waals surface area contributed by atoms with E-state index >= 15 is 0 Å². The molecule has 1 unspecified atom stereocenters. The molecule has 1 aliphatic heterocycles. The zero-order chi connectivity index (χ0) is 14.7. The second-order valence-electron chi connectivity index (χ2n) is 6.46. The van der Waals surface area contributed by atoms with Crippen LogP contribution in [0.15, 0.2) is 24.3 Å². The Morgan fingerprint density at radius 2 is 2.00 bits per heavy atom. The third-order valence-electron chi connectivity index (χ3n) is 4.97. The molecule has 2 aliphatic rings. The van der Waals surface area contributed by atoms with E-state index in [1.807, 2.05) is 0 Å². The first-order chi connectivity index (χ1) is 10.3. The molecule has 1 atom stereocenters. The van der Waals surface area contributed by atoms with Gasteiger partial charge in [-0.3, -0.25) is 4.79 Å². The number of carbonyl (C=O) groups excluding carboxylic acids is 1. The van der Waals surface area contributed by atoms with Crippen LogP contribution >= 0.6 is 0 Å². The van der Waals surface area contributed by atoms with Crippen molar-refractivity contribution >= 4 is 5.91 Å². The summed E-state index contributed by atoms with van der Waals surface area (Å²) in [6.45, 7) is 6.07. The predicted octanol–water partition coefficient (Wildman–Crippen LogP) is 2.25. The average Bonchev–Trinajstić information content (AvgIpc) is 2.97. The topological polar surface area (TPSA) is 32.3 Å². The SMILES string of the molecule is CCN(CC1CCCNC1)C(=O)C1Cc2ccccc2C1. The maximum absolute atomic E-state index is 12.8. The fourth-order valence-electron chi connectivity index (χ4n) is 3.76. The lowest BCUT2D eigenvalue weighted by Gasteiger charge is -2.31. The molecule has 0 spiro atoms. The monoisotopic (exact) mass is 286 g/mol. The van der Waals surface area contributed by atoms with Crippen LogP contribution in [0.4, 0.5) is 0 Å².